The van der Waals surface area contributed by atoms with E-state index in [1.165, 1.54) is 21.2 Å². The zero-order chi connectivity index (χ0) is 11.4. The molecule has 3 heteroatoms. The second-order valence-corrected chi connectivity index (χ2v) is 4.44. The third-order valence-corrected chi connectivity index (χ3v) is 3.28. The van der Waals surface area contributed by atoms with Crippen molar-refractivity contribution < 1.29 is 0 Å². The Bertz CT molecular complexity index is 552. The minimum Gasteiger partial charge on any atom is -0.313 e. The summed E-state index contributed by atoms with van der Waals surface area (Å²) in [6, 6.07) is 8.24. The van der Waals surface area contributed by atoms with Crippen LogP contribution in [0.2, 0.25) is 0 Å². The zero-order valence-electron chi connectivity index (χ0n) is 8.81. The highest BCUT2D eigenvalue weighted by Crippen LogP contribution is 2.29. The van der Waals surface area contributed by atoms with Gasteiger partial charge in [-0.15, -0.1) is 11.3 Å². The first-order valence-corrected chi connectivity index (χ1v) is 5.82. The van der Waals surface area contributed by atoms with Gasteiger partial charge in [-0.05, 0) is 23.6 Å². The summed E-state index contributed by atoms with van der Waals surface area (Å²) in [5.41, 5.74) is 0.937. The molecule has 0 saturated heterocycles. The molecule has 0 aliphatic carbocycles. The van der Waals surface area contributed by atoms with E-state index in [9.17, 15) is 0 Å². The van der Waals surface area contributed by atoms with Crippen molar-refractivity contribution in [3.8, 4) is 0 Å². The normalized spacial score (nSPS) is 11.0. The monoisotopic (exact) mass is 228 g/mol. The van der Waals surface area contributed by atoms with E-state index in [0.717, 1.165) is 5.69 Å². The average molecular weight is 228 g/mol. The number of thiophene rings is 1. The van der Waals surface area contributed by atoms with Crippen LogP contribution < -0.4 is 0 Å². The lowest BCUT2D eigenvalue weighted by molar-refractivity contribution is 1.47. The first kappa shape index (κ1) is 10.8. The maximum atomic E-state index is 6.90. The second kappa shape index (κ2) is 4.86. The van der Waals surface area contributed by atoms with Crippen LogP contribution >= 0.6 is 11.3 Å². The SMILES string of the molecule is C=Cc1cc2ccc(/N=C/CC=N)cc2s1. The first-order chi connectivity index (χ1) is 7.83. The highest BCUT2D eigenvalue weighted by atomic mass is 32.1. The van der Waals surface area contributed by atoms with Crippen molar-refractivity contribution in [2.24, 2.45) is 4.99 Å². The van der Waals surface area contributed by atoms with E-state index in [4.69, 9.17) is 5.41 Å². The Morgan fingerprint density at radius 1 is 1.38 bits per heavy atom. The molecule has 0 atom stereocenters. The van der Waals surface area contributed by atoms with Crippen LogP contribution in [0.3, 0.4) is 0 Å². The quantitative estimate of drug-likeness (QED) is 0.758. The average Bonchev–Trinajstić information content (AvgIpc) is 2.71. The van der Waals surface area contributed by atoms with Gasteiger partial charge in [0.25, 0.3) is 0 Å². The van der Waals surface area contributed by atoms with E-state index in [-0.39, 0.29) is 0 Å². The topological polar surface area (TPSA) is 36.2 Å². The van der Waals surface area contributed by atoms with E-state index in [1.54, 1.807) is 17.6 Å². The van der Waals surface area contributed by atoms with E-state index < -0.39 is 0 Å². The lowest BCUT2D eigenvalue weighted by atomic mass is 10.2. The van der Waals surface area contributed by atoms with Gasteiger partial charge in [-0.1, -0.05) is 18.7 Å². The largest absolute Gasteiger partial charge is 0.313 e. The number of fused-ring (bicyclic) bond motifs is 1. The van der Waals surface area contributed by atoms with Crippen LogP contribution in [0.25, 0.3) is 16.2 Å². The molecule has 2 nitrogen and oxygen atoms in total. The Morgan fingerprint density at radius 3 is 3.00 bits per heavy atom. The molecule has 0 unspecified atom stereocenters. The van der Waals surface area contributed by atoms with Crippen LogP contribution in [0.4, 0.5) is 5.69 Å². The molecule has 80 valence electrons. The molecule has 0 saturated carbocycles. The van der Waals surface area contributed by atoms with Crippen molar-refractivity contribution in [1.29, 1.82) is 5.41 Å². The summed E-state index contributed by atoms with van der Waals surface area (Å²) in [6.45, 7) is 3.77. The summed E-state index contributed by atoms with van der Waals surface area (Å²) < 4.78 is 1.22. The predicted molar refractivity (Wildman–Crippen MR) is 73.5 cm³/mol. The smallest absolute Gasteiger partial charge is 0.0640 e. The highest BCUT2D eigenvalue weighted by Gasteiger charge is 1.99. The maximum absolute atomic E-state index is 6.90. The summed E-state index contributed by atoms with van der Waals surface area (Å²) in [4.78, 5) is 5.46. The molecule has 0 aliphatic rings. The minimum atomic E-state index is 0.584. The molecule has 1 aromatic heterocycles. The first-order valence-electron chi connectivity index (χ1n) is 5.01. The van der Waals surface area contributed by atoms with Crippen LogP contribution in [0.1, 0.15) is 11.3 Å². The summed E-state index contributed by atoms with van der Waals surface area (Å²) in [5, 5.41) is 8.13. The molecule has 0 fully saturated rings. The van der Waals surface area contributed by atoms with Crippen molar-refractivity contribution in [2.75, 3.05) is 0 Å². The predicted octanol–water partition coefficient (Wildman–Crippen LogP) is 4.29. The summed E-state index contributed by atoms with van der Waals surface area (Å²) in [7, 11) is 0. The highest BCUT2D eigenvalue weighted by molar-refractivity contribution is 7.19. The standard InChI is InChI=1S/C13H12N2S/c1-2-12-8-10-4-5-11(9-13(10)16-12)15-7-3-6-14/h2,4-9,14H,1,3H2/b14-6?,15-7+. The van der Waals surface area contributed by atoms with Crippen molar-refractivity contribution in [3.05, 3.63) is 35.7 Å². The second-order valence-electron chi connectivity index (χ2n) is 3.33. The van der Waals surface area contributed by atoms with Crippen LogP contribution in [0, 0.1) is 5.41 Å². The fraction of sp³-hybridized carbons (Fsp3) is 0.0769. The van der Waals surface area contributed by atoms with Crippen molar-refractivity contribution in [2.45, 2.75) is 6.42 Å². The van der Waals surface area contributed by atoms with Gasteiger partial charge in [-0.2, -0.15) is 0 Å². The third kappa shape index (κ3) is 2.25. The number of hydrogen-bond donors (Lipinski definition) is 1. The summed E-state index contributed by atoms with van der Waals surface area (Å²) >= 11 is 1.71. The molecular formula is C13H12N2S. The summed E-state index contributed by atoms with van der Waals surface area (Å²) in [5.74, 6) is 0. The Hall–Kier alpha value is -1.74. The lowest BCUT2D eigenvalue weighted by Crippen LogP contribution is -1.73. The van der Waals surface area contributed by atoms with E-state index in [0.29, 0.717) is 6.42 Å². The van der Waals surface area contributed by atoms with Gasteiger partial charge in [0, 0.05) is 28.4 Å². The van der Waals surface area contributed by atoms with Gasteiger partial charge in [0.05, 0.1) is 5.69 Å². The number of rotatable bonds is 4. The van der Waals surface area contributed by atoms with Gasteiger partial charge < -0.3 is 5.41 Å². The van der Waals surface area contributed by atoms with E-state index in [1.807, 2.05) is 12.1 Å². The van der Waals surface area contributed by atoms with Gasteiger partial charge in [-0.3, -0.25) is 4.99 Å². The molecule has 2 aromatic rings. The fourth-order valence-electron chi connectivity index (χ4n) is 1.43. The Kier molecular flexibility index (Phi) is 3.27. The Balaban J connectivity index is 2.35. The van der Waals surface area contributed by atoms with Crippen LogP contribution in [-0.4, -0.2) is 12.4 Å². The van der Waals surface area contributed by atoms with Gasteiger partial charge in [-0.25, -0.2) is 0 Å². The number of benzene rings is 1. The van der Waals surface area contributed by atoms with Crippen LogP contribution in [-0.2, 0) is 0 Å². The molecule has 1 heterocycles. The molecule has 16 heavy (non-hydrogen) atoms. The van der Waals surface area contributed by atoms with Gasteiger partial charge in [0.15, 0.2) is 0 Å². The van der Waals surface area contributed by atoms with Crippen molar-refractivity contribution in [3.63, 3.8) is 0 Å². The molecule has 1 aromatic carbocycles. The molecule has 0 radical (unpaired) electrons. The maximum Gasteiger partial charge on any atom is 0.0640 e. The van der Waals surface area contributed by atoms with Crippen molar-refractivity contribution in [1.82, 2.24) is 0 Å². The molecular weight excluding hydrogens is 216 g/mol. The van der Waals surface area contributed by atoms with Gasteiger partial charge in [0.2, 0.25) is 0 Å². The molecule has 0 spiro atoms. The number of aliphatic imine (C=N–C) groups is 1. The summed E-state index contributed by atoms with van der Waals surface area (Å²) in [6.07, 6.45) is 5.53. The van der Waals surface area contributed by atoms with Crippen LogP contribution in [0.5, 0.6) is 0 Å². The molecule has 0 aliphatic heterocycles. The van der Waals surface area contributed by atoms with Crippen LogP contribution in [0.15, 0.2) is 35.8 Å². The lowest BCUT2D eigenvalue weighted by Gasteiger charge is -1.92. The number of hydrogen-bond acceptors (Lipinski definition) is 3. The third-order valence-electron chi connectivity index (χ3n) is 2.19. The molecule has 1 N–H and O–H groups in total. The number of nitrogens with one attached hydrogen (secondary N) is 1. The van der Waals surface area contributed by atoms with Gasteiger partial charge in [0.1, 0.15) is 0 Å². The molecule has 0 amide bonds. The Morgan fingerprint density at radius 2 is 2.25 bits per heavy atom. The van der Waals surface area contributed by atoms with Crippen molar-refractivity contribution >= 4 is 45.6 Å². The molecule has 2 rings (SSSR count). The van der Waals surface area contributed by atoms with Gasteiger partial charge >= 0.3 is 0 Å². The van der Waals surface area contributed by atoms with E-state index >= 15 is 0 Å². The zero-order valence-corrected chi connectivity index (χ0v) is 9.63. The fourth-order valence-corrected chi connectivity index (χ4v) is 2.38. The minimum absolute atomic E-state index is 0.584. The Labute approximate surface area is 98.5 Å². The van der Waals surface area contributed by atoms with E-state index in [2.05, 4.69) is 29.8 Å². The number of nitrogens with zero attached hydrogens (tertiary/aromatic N) is 1. The molecule has 0 bridgehead atoms.